The summed E-state index contributed by atoms with van der Waals surface area (Å²) >= 11 is 0. The van der Waals surface area contributed by atoms with Gasteiger partial charge in [0.25, 0.3) is 0 Å². The highest BCUT2D eigenvalue weighted by Crippen LogP contribution is 2.08. The molecule has 2 aromatic rings. The van der Waals surface area contributed by atoms with Crippen LogP contribution < -0.4 is 10.7 Å². The largest absolute Gasteiger partial charge is 0.465 e. The number of rotatable bonds is 4. The third-order valence-corrected chi connectivity index (χ3v) is 3.00. The lowest BCUT2D eigenvalue weighted by Gasteiger charge is -2.03. The van der Waals surface area contributed by atoms with Gasteiger partial charge in [0.05, 0.1) is 18.9 Å². The fourth-order valence-electron chi connectivity index (χ4n) is 1.79. The van der Waals surface area contributed by atoms with Gasteiger partial charge in [-0.15, -0.1) is 0 Å². The Morgan fingerprint density at radius 1 is 1.08 bits per heavy atom. The van der Waals surface area contributed by atoms with E-state index in [9.17, 15) is 18.8 Å². The van der Waals surface area contributed by atoms with Crippen LogP contribution in [0, 0.1) is 5.82 Å². The maximum atomic E-state index is 13.0. The predicted molar refractivity (Wildman–Crippen MR) is 88.5 cm³/mol. The van der Waals surface area contributed by atoms with Crippen LogP contribution in [0.25, 0.3) is 0 Å². The zero-order valence-electron chi connectivity index (χ0n) is 13.2. The number of nitrogens with one attached hydrogen (secondary N) is 2. The van der Waals surface area contributed by atoms with Crippen LogP contribution in [0.4, 0.5) is 10.1 Å². The van der Waals surface area contributed by atoms with Gasteiger partial charge in [-0.25, -0.2) is 14.6 Å². The van der Waals surface area contributed by atoms with Crippen LogP contribution in [-0.4, -0.2) is 31.1 Å². The van der Waals surface area contributed by atoms with Crippen molar-refractivity contribution in [1.82, 2.24) is 5.43 Å². The Balaban J connectivity index is 1.89. The molecule has 8 heteroatoms. The summed E-state index contributed by atoms with van der Waals surface area (Å²) in [5, 5.41) is 5.88. The van der Waals surface area contributed by atoms with Crippen molar-refractivity contribution in [2.45, 2.75) is 0 Å². The lowest BCUT2D eigenvalue weighted by Crippen LogP contribution is -2.32. The second-order valence-corrected chi connectivity index (χ2v) is 4.78. The summed E-state index contributed by atoms with van der Waals surface area (Å²) in [6.45, 7) is 0. The van der Waals surface area contributed by atoms with Gasteiger partial charge in [-0.1, -0.05) is 18.2 Å². The van der Waals surface area contributed by atoms with Crippen molar-refractivity contribution in [2.75, 3.05) is 12.4 Å². The number of ether oxygens (including phenoxy) is 1. The molecule has 0 saturated heterocycles. The van der Waals surface area contributed by atoms with Crippen molar-refractivity contribution >= 4 is 29.7 Å². The minimum atomic E-state index is -1.01. The molecule has 0 aromatic heterocycles. The lowest BCUT2D eigenvalue weighted by molar-refractivity contribution is -0.136. The van der Waals surface area contributed by atoms with Gasteiger partial charge in [0.1, 0.15) is 5.82 Å². The number of anilines is 1. The van der Waals surface area contributed by atoms with E-state index in [1.165, 1.54) is 43.7 Å². The van der Waals surface area contributed by atoms with Crippen molar-refractivity contribution < 1.29 is 23.5 Å². The molecular weight excluding hydrogens is 329 g/mol. The maximum absolute atomic E-state index is 13.0. The minimum absolute atomic E-state index is 0.155. The number of hydrazone groups is 1. The normalized spacial score (nSPS) is 10.3. The molecule has 0 unspecified atom stereocenters. The van der Waals surface area contributed by atoms with Crippen molar-refractivity contribution in [2.24, 2.45) is 5.10 Å². The Bertz CT molecular complexity index is 819. The highest BCUT2D eigenvalue weighted by atomic mass is 19.1. The van der Waals surface area contributed by atoms with E-state index >= 15 is 0 Å². The standard InChI is InChI=1S/C17H14FN3O4/c1-25-17(24)12-7-5-11(6-8-12)10-19-21-16(23)15(22)20-14-4-2-3-13(18)9-14/h2-10H,1H3,(H,20,22)(H,21,23). The van der Waals surface area contributed by atoms with Crippen LogP contribution in [-0.2, 0) is 14.3 Å². The number of halogens is 1. The summed E-state index contributed by atoms with van der Waals surface area (Å²) in [5.41, 5.74) is 3.17. The minimum Gasteiger partial charge on any atom is -0.465 e. The van der Waals surface area contributed by atoms with Crippen LogP contribution in [0.2, 0.25) is 0 Å². The van der Waals surface area contributed by atoms with Gasteiger partial charge >= 0.3 is 17.8 Å². The third kappa shape index (κ3) is 5.24. The summed E-state index contributed by atoms with van der Waals surface area (Å²) < 4.78 is 17.6. The average Bonchev–Trinajstić information content (AvgIpc) is 2.61. The van der Waals surface area contributed by atoms with Gasteiger partial charge in [0.15, 0.2) is 0 Å². The summed E-state index contributed by atoms with van der Waals surface area (Å²) in [6.07, 6.45) is 1.30. The molecule has 0 atom stereocenters. The quantitative estimate of drug-likeness (QED) is 0.382. The van der Waals surface area contributed by atoms with Crippen molar-refractivity contribution in [1.29, 1.82) is 0 Å². The molecule has 2 aromatic carbocycles. The molecule has 0 saturated carbocycles. The zero-order valence-corrected chi connectivity index (χ0v) is 13.2. The third-order valence-electron chi connectivity index (χ3n) is 3.00. The van der Waals surface area contributed by atoms with Crippen LogP contribution in [0.1, 0.15) is 15.9 Å². The van der Waals surface area contributed by atoms with E-state index in [2.05, 4.69) is 15.2 Å². The molecule has 0 bridgehead atoms. The van der Waals surface area contributed by atoms with E-state index in [0.29, 0.717) is 11.1 Å². The molecule has 2 rings (SSSR count). The monoisotopic (exact) mass is 343 g/mol. The van der Waals surface area contributed by atoms with Crippen LogP contribution in [0.15, 0.2) is 53.6 Å². The van der Waals surface area contributed by atoms with Crippen LogP contribution in [0.5, 0.6) is 0 Å². The topological polar surface area (TPSA) is 96.9 Å². The highest BCUT2D eigenvalue weighted by Gasteiger charge is 2.13. The first kappa shape index (κ1) is 17.8. The molecule has 0 aliphatic carbocycles. The molecule has 7 nitrogen and oxygen atoms in total. The van der Waals surface area contributed by atoms with Gasteiger partial charge in [0.2, 0.25) is 0 Å². The van der Waals surface area contributed by atoms with E-state index < -0.39 is 23.6 Å². The molecule has 0 aliphatic rings. The van der Waals surface area contributed by atoms with Crippen molar-refractivity contribution in [3.8, 4) is 0 Å². The Morgan fingerprint density at radius 2 is 1.80 bits per heavy atom. The van der Waals surface area contributed by atoms with Gasteiger partial charge in [-0.05, 0) is 35.9 Å². The molecule has 0 heterocycles. The summed E-state index contributed by atoms with van der Waals surface area (Å²) in [5.74, 6) is -2.99. The average molecular weight is 343 g/mol. The number of carbonyl (C=O) groups excluding carboxylic acids is 3. The number of benzene rings is 2. The molecule has 0 aliphatic heterocycles. The molecule has 0 radical (unpaired) electrons. The molecule has 25 heavy (non-hydrogen) atoms. The van der Waals surface area contributed by atoms with E-state index in [1.807, 2.05) is 5.43 Å². The predicted octanol–water partition coefficient (Wildman–Crippen LogP) is 1.70. The van der Waals surface area contributed by atoms with E-state index in [1.54, 1.807) is 12.1 Å². The summed E-state index contributed by atoms with van der Waals surface area (Å²) in [4.78, 5) is 34.6. The van der Waals surface area contributed by atoms with Gasteiger partial charge in [-0.3, -0.25) is 9.59 Å². The molecule has 0 fully saturated rings. The zero-order chi connectivity index (χ0) is 18.2. The summed E-state index contributed by atoms with van der Waals surface area (Å²) in [7, 11) is 1.28. The number of methoxy groups -OCH3 is 1. The maximum Gasteiger partial charge on any atom is 0.337 e. The Labute approximate surface area is 142 Å². The first-order chi connectivity index (χ1) is 12.0. The fraction of sp³-hybridized carbons (Fsp3) is 0.0588. The molecule has 128 valence electrons. The SMILES string of the molecule is COC(=O)c1ccc(C=NNC(=O)C(=O)Nc2cccc(F)c2)cc1. The smallest absolute Gasteiger partial charge is 0.337 e. The number of nitrogens with zero attached hydrogens (tertiary/aromatic N) is 1. The fourth-order valence-corrected chi connectivity index (χ4v) is 1.79. The second-order valence-electron chi connectivity index (χ2n) is 4.78. The Kier molecular flexibility index (Phi) is 5.94. The number of carbonyl (C=O) groups is 3. The van der Waals surface area contributed by atoms with Crippen molar-refractivity contribution in [3.63, 3.8) is 0 Å². The number of hydrogen-bond acceptors (Lipinski definition) is 5. The number of esters is 1. The Morgan fingerprint density at radius 3 is 2.44 bits per heavy atom. The summed E-state index contributed by atoms with van der Waals surface area (Å²) in [6, 6.07) is 11.4. The van der Waals surface area contributed by atoms with E-state index in [0.717, 1.165) is 6.07 Å². The van der Waals surface area contributed by atoms with Crippen LogP contribution in [0.3, 0.4) is 0 Å². The second kappa shape index (κ2) is 8.34. The molecule has 0 spiro atoms. The highest BCUT2D eigenvalue weighted by molar-refractivity contribution is 6.39. The van der Waals surface area contributed by atoms with Gasteiger partial charge < -0.3 is 10.1 Å². The van der Waals surface area contributed by atoms with Gasteiger partial charge in [-0.2, -0.15) is 5.10 Å². The first-order valence-electron chi connectivity index (χ1n) is 7.08. The molecule has 2 amide bonds. The first-order valence-corrected chi connectivity index (χ1v) is 7.08. The lowest BCUT2D eigenvalue weighted by atomic mass is 10.1. The van der Waals surface area contributed by atoms with Crippen molar-refractivity contribution in [3.05, 3.63) is 65.5 Å². The van der Waals surface area contributed by atoms with Gasteiger partial charge in [0, 0.05) is 5.69 Å². The molecular formula is C17H14FN3O4. The van der Waals surface area contributed by atoms with Crippen LogP contribution >= 0.6 is 0 Å². The van der Waals surface area contributed by atoms with E-state index in [4.69, 9.17) is 0 Å². The molecule has 2 N–H and O–H groups in total. The Hall–Kier alpha value is -3.55. The van der Waals surface area contributed by atoms with E-state index in [-0.39, 0.29) is 5.69 Å². The number of hydrogen-bond donors (Lipinski definition) is 2. The number of amides is 2.